The molecule has 94 valence electrons. The maximum atomic E-state index is 10.8. The maximum Gasteiger partial charge on any atom is 0.319 e. The lowest BCUT2D eigenvalue weighted by Gasteiger charge is -2.32. The number of hydrogen-bond donors (Lipinski definition) is 2. The Morgan fingerprint density at radius 2 is 2.06 bits per heavy atom. The number of carboxylic acid groups (broad SMARTS) is 1. The first-order valence-electron chi connectivity index (χ1n) is 5.99. The molecule has 0 aromatic carbocycles. The molecule has 4 nitrogen and oxygen atoms in total. The Balaban J connectivity index is 2.40. The normalized spacial score (nSPS) is 20.7. The fourth-order valence-corrected chi connectivity index (χ4v) is 5.64. The Labute approximate surface area is 98.5 Å². The van der Waals surface area contributed by atoms with Crippen molar-refractivity contribution in [1.82, 2.24) is 4.98 Å². The van der Waals surface area contributed by atoms with Crippen LogP contribution in [0.4, 0.5) is 0 Å². The fraction of sp³-hybridized carbons (Fsp3) is 0.909. The van der Waals surface area contributed by atoms with Gasteiger partial charge in [-0.05, 0) is 31.7 Å². The lowest BCUT2D eigenvalue weighted by atomic mass is 10.0. The molecule has 0 amide bonds. The molecule has 0 aromatic heterocycles. The van der Waals surface area contributed by atoms with Crippen molar-refractivity contribution in [2.24, 2.45) is 5.92 Å². The van der Waals surface area contributed by atoms with Gasteiger partial charge >= 0.3 is 5.97 Å². The van der Waals surface area contributed by atoms with Crippen molar-refractivity contribution in [1.29, 1.82) is 0 Å². The number of hydrogen-bond acceptors (Lipinski definition) is 3. The van der Waals surface area contributed by atoms with Crippen LogP contribution in [0.25, 0.3) is 0 Å². The molecule has 5 heteroatoms. The standard InChI is InChI=1S/C11H23NO3Si/c1-9(11(13)14)12-16(2,3)8-10-4-6-15-7-5-10/h9-10,12H,4-8H2,1-3H3,(H,13,14). The molecule has 0 saturated carbocycles. The molecule has 0 aliphatic carbocycles. The van der Waals surface area contributed by atoms with E-state index in [0.29, 0.717) is 5.92 Å². The van der Waals surface area contributed by atoms with Crippen LogP contribution in [0, 0.1) is 5.92 Å². The highest BCUT2D eigenvalue weighted by atomic mass is 28.3. The summed E-state index contributed by atoms with van der Waals surface area (Å²) in [5.41, 5.74) is 0. The van der Waals surface area contributed by atoms with Crippen LogP contribution in [0.2, 0.25) is 19.1 Å². The average molecular weight is 245 g/mol. The summed E-state index contributed by atoms with van der Waals surface area (Å²) in [5.74, 6) is -0.0449. The van der Waals surface area contributed by atoms with Crippen LogP contribution < -0.4 is 4.98 Å². The number of carbonyl (C=O) groups is 1. The van der Waals surface area contributed by atoms with Crippen LogP contribution in [-0.2, 0) is 9.53 Å². The van der Waals surface area contributed by atoms with E-state index in [-0.39, 0.29) is 0 Å². The number of carboxylic acids is 1. The van der Waals surface area contributed by atoms with E-state index in [2.05, 4.69) is 18.1 Å². The molecule has 1 unspecified atom stereocenters. The van der Waals surface area contributed by atoms with E-state index in [9.17, 15) is 4.79 Å². The van der Waals surface area contributed by atoms with E-state index in [1.165, 1.54) is 0 Å². The van der Waals surface area contributed by atoms with Gasteiger partial charge in [0.1, 0.15) is 8.24 Å². The highest BCUT2D eigenvalue weighted by Gasteiger charge is 2.29. The largest absolute Gasteiger partial charge is 0.480 e. The van der Waals surface area contributed by atoms with Crippen LogP contribution in [-0.4, -0.2) is 38.6 Å². The number of nitrogens with one attached hydrogen (secondary N) is 1. The Bertz CT molecular complexity index is 239. The zero-order chi connectivity index (χ0) is 12.2. The third-order valence-corrected chi connectivity index (χ3v) is 5.93. The van der Waals surface area contributed by atoms with E-state index in [4.69, 9.17) is 9.84 Å². The fourth-order valence-electron chi connectivity index (χ4n) is 2.38. The highest BCUT2D eigenvalue weighted by Crippen LogP contribution is 2.24. The van der Waals surface area contributed by atoms with Crippen LogP contribution in [0.1, 0.15) is 19.8 Å². The summed E-state index contributed by atoms with van der Waals surface area (Å²) in [7, 11) is -1.60. The van der Waals surface area contributed by atoms with Gasteiger partial charge in [-0.3, -0.25) is 4.79 Å². The summed E-state index contributed by atoms with van der Waals surface area (Å²) in [5, 5.41) is 8.89. The molecule has 1 saturated heterocycles. The SMILES string of the molecule is CC(N[Si](C)(C)CC1CCOCC1)C(=O)O. The second-order valence-corrected chi connectivity index (χ2v) is 9.81. The van der Waals surface area contributed by atoms with E-state index in [0.717, 1.165) is 32.1 Å². The van der Waals surface area contributed by atoms with Crippen molar-refractivity contribution in [2.75, 3.05) is 13.2 Å². The smallest absolute Gasteiger partial charge is 0.319 e. The summed E-state index contributed by atoms with van der Waals surface area (Å²) in [6, 6.07) is 0.718. The summed E-state index contributed by atoms with van der Waals surface area (Å²) >= 11 is 0. The van der Waals surface area contributed by atoms with Gasteiger partial charge < -0.3 is 14.8 Å². The lowest BCUT2D eigenvalue weighted by molar-refractivity contribution is -0.138. The Morgan fingerprint density at radius 1 is 1.50 bits per heavy atom. The molecule has 0 aromatic rings. The van der Waals surface area contributed by atoms with Gasteiger partial charge in [0.2, 0.25) is 0 Å². The first kappa shape index (κ1) is 13.7. The van der Waals surface area contributed by atoms with E-state index < -0.39 is 20.2 Å². The van der Waals surface area contributed by atoms with Gasteiger partial charge in [-0.25, -0.2) is 0 Å². The topological polar surface area (TPSA) is 58.6 Å². The Kier molecular flexibility index (Phi) is 4.95. The van der Waals surface area contributed by atoms with Crippen LogP contribution >= 0.6 is 0 Å². The monoisotopic (exact) mass is 245 g/mol. The average Bonchev–Trinajstić information content (AvgIpc) is 2.17. The van der Waals surface area contributed by atoms with Crippen molar-refractivity contribution < 1.29 is 14.6 Å². The van der Waals surface area contributed by atoms with Gasteiger partial charge in [0.05, 0.1) is 6.04 Å². The second kappa shape index (κ2) is 5.79. The van der Waals surface area contributed by atoms with Crippen molar-refractivity contribution >= 4 is 14.2 Å². The van der Waals surface area contributed by atoms with Crippen LogP contribution in [0.15, 0.2) is 0 Å². The molecule has 1 aliphatic heterocycles. The molecule has 0 radical (unpaired) electrons. The van der Waals surface area contributed by atoms with E-state index in [1.54, 1.807) is 6.92 Å². The predicted molar refractivity (Wildman–Crippen MR) is 66.1 cm³/mol. The summed E-state index contributed by atoms with van der Waals surface area (Å²) in [6.45, 7) is 7.87. The van der Waals surface area contributed by atoms with Crippen molar-refractivity contribution in [3.05, 3.63) is 0 Å². The van der Waals surface area contributed by atoms with E-state index in [1.807, 2.05) is 0 Å². The first-order chi connectivity index (χ1) is 7.41. The highest BCUT2D eigenvalue weighted by molar-refractivity contribution is 6.75. The molecule has 1 atom stereocenters. The lowest BCUT2D eigenvalue weighted by Crippen LogP contribution is -2.53. The quantitative estimate of drug-likeness (QED) is 0.724. The minimum atomic E-state index is -1.60. The Morgan fingerprint density at radius 3 is 2.56 bits per heavy atom. The van der Waals surface area contributed by atoms with E-state index >= 15 is 0 Å². The summed E-state index contributed by atoms with van der Waals surface area (Å²) in [4.78, 5) is 14.1. The molecule has 16 heavy (non-hydrogen) atoms. The van der Waals surface area contributed by atoms with Gasteiger partial charge in [0.25, 0.3) is 0 Å². The number of aliphatic carboxylic acids is 1. The van der Waals surface area contributed by atoms with Crippen molar-refractivity contribution in [3.8, 4) is 0 Å². The summed E-state index contributed by atoms with van der Waals surface area (Å²) in [6.07, 6.45) is 2.25. The molecule has 0 bridgehead atoms. The second-order valence-electron chi connectivity index (χ2n) is 5.35. The zero-order valence-corrected chi connectivity index (χ0v) is 11.5. The van der Waals surface area contributed by atoms with Crippen LogP contribution in [0.5, 0.6) is 0 Å². The molecule has 1 rings (SSSR count). The molecule has 0 spiro atoms. The molecule has 1 aliphatic rings. The predicted octanol–water partition coefficient (Wildman–Crippen LogP) is 1.68. The van der Waals surface area contributed by atoms with Gasteiger partial charge in [-0.1, -0.05) is 13.1 Å². The first-order valence-corrected chi connectivity index (χ1v) is 9.20. The van der Waals surface area contributed by atoms with Gasteiger partial charge in [-0.2, -0.15) is 0 Å². The van der Waals surface area contributed by atoms with Crippen LogP contribution in [0.3, 0.4) is 0 Å². The molecular formula is C11H23NO3Si. The number of rotatable bonds is 5. The van der Waals surface area contributed by atoms with Crippen molar-refractivity contribution in [3.63, 3.8) is 0 Å². The maximum absolute atomic E-state index is 10.8. The number of ether oxygens (including phenoxy) is 1. The summed E-state index contributed by atoms with van der Waals surface area (Å²) < 4.78 is 5.33. The minimum Gasteiger partial charge on any atom is -0.480 e. The molecule has 2 N–H and O–H groups in total. The van der Waals surface area contributed by atoms with Gasteiger partial charge in [0, 0.05) is 13.2 Å². The zero-order valence-electron chi connectivity index (χ0n) is 10.5. The molecule has 1 heterocycles. The molecular weight excluding hydrogens is 222 g/mol. The minimum absolute atomic E-state index is 0.429. The third kappa shape index (κ3) is 4.63. The molecule has 1 fully saturated rings. The van der Waals surface area contributed by atoms with Gasteiger partial charge in [0.15, 0.2) is 0 Å². The van der Waals surface area contributed by atoms with Crippen molar-refractivity contribution in [2.45, 2.75) is 44.9 Å². The van der Waals surface area contributed by atoms with Gasteiger partial charge in [-0.15, -0.1) is 0 Å². The third-order valence-electron chi connectivity index (χ3n) is 3.12. The Hall–Kier alpha value is -0.393.